The zero-order valence-corrected chi connectivity index (χ0v) is 11.3. The van der Waals surface area contributed by atoms with Gasteiger partial charge in [-0.15, -0.1) is 0 Å². The maximum Gasteiger partial charge on any atom is 0.335 e. The molecular formula is C13H13ClFNO4. The van der Waals surface area contributed by atoms with E-state index in [-0.39, 0.29) is 10.7 Å². The van der Waals surface area contributed by atoms with Gasteiger partial charge in [0, 0.05) is 11.6 Å². The Morgan fingerprint density at radius 2 is 2.30 bits per heavy atom. The van der Waals surface area contributed by atoms with Crippen molar-refractivity contribution >= 4 is 29.2 Å². The summed E-state index contributed by atoms with van der Waals surface area (Å²) in [5.41, 5.74) is -0.0596. The number of hydrogen-bond donors (Lipinski definition) is 1. The fourth-order valence-electron chi connectivity index (χ4n) is 1.77. The van der Waals surface area contributed by atoms with Crippen molar-refractivity contribution in [2.24, 2.45) is 0 Å². The van der Waals surface area contributed by atoms with Crippen LogP contribution in [-0.4, -0.2) is 31.2 Å². The van der Waals surface area contributed by atoms with Gasteiger partial charge in [0.25, 0.3) is 5.91 Å². The van der Waals surface area contributed by atoms with Crippen LogP contribution in [0.1, 0.15) is 12.8 Å². The van der Waals surface area contributed by atoms with Crippen molar-refractivity contribution in [2.75, 3.05) is 18.5 Å². The molecule has 1 aliphatic rings. The normalized spacial score (nSPS) is 17.8. The van der Waals surface area contributed by atoms with E-state index in [0.717, 1.165) is 12.5 Å². The molecule has 20 heavy (non-hydrogen) atoms. The Morgan fingerprint density at radius 3 is 3.00 bits per heavy atom. The van der Waals surface area contributed by atoms with Crippen LogP contribution in [0.4, 0.5) is 10.1 Å². The van der Waals surface area contributed by atoms with Crippen molar-refractivity contribution < 1.29 is 23.5 Å². The second kappa shape index (κ2) is 6.67. The number of carbonyl (C=O) groups excluding carboxylic acids is 2. The van der Waals surface area contributed by atoms with Crippen molar-refractivity contribution in [1.29, 1.82) is 0 Å². The Hall–Kier alpha value is -1.66. The molecule has 2 rings (SSSR count). The Morgan fingerprint density at radius 1 is 1.50 bits per heavy atom. The van der Waals surface area contributed by atoms with Crippen LogP contribution in [0.2, 0.25) is 5.02 Å². The van der Waals surface area contributed by atoms with Gasteiger partial charge in [0.1, 0.15) is 5.82 Å². The molecule has 1 aromatic rings. The van der Waals surface area contributed by atoms with E-state index in [2.05, 4.69) is 5.32 Å². The zero-order valence-electron chi connectivity index (χ0n) is 10.5. The average Bonchev–Trinajstić information content (AvgIpc) is 2.94. The fourth-order valence-corrected chi connectivity index (χ4v) is 1.94. The van der Waals surface area contributed by atoms with Crippen molar-refractivity contribution in [3.8, 4) is 0 Å². The summed E-state index contributed by atoms with van der Waals surface area (Å²) in [6, 6.07) is 3.77. The highest BCUT2D eigenvalue weighted by molar-refractivity contribution is 6.30. The number of amides is 1. The number of ether oxygens (including phenoxy) is 2. The first-order chi connectivity index (χ1) is 9.56. The quantitative estimate of drug-likeness (QED) is 0.865. The van der Waals surface area contributed by atoms with Gasteiger partial charge in [0.05, 0.1) is 5.69 Å². The number of carbonyl (C=O) groups is 2. The topological polar surface area (TPSA) is 64.6 Å². The van der Waals surface area contributed by atoms with E-state index in [0.29, 0.717) is 13.0 Å². The molecule has 0 radical (unpaired) electrons. The molecule has 0 spiro atoms. The van der Waals surface area contributed by atoms with E-state index in [4.69, 9.17) is 21.1 Å². The minimum atomic E-state index is -0.641. The van der Waals surface area contributed by atoms with E-state index in [1.807, 2.05) is 0 Å². The lowest BCUT2D eigenvalue weighted by molar-refractivity contribution is -0.156. The van der Waals surface area contributed by atoms with Gasteiger partial charge in [-0.2, -0.15) is 0 Å². The third-order valence-electron chi connectivity index (χ3n) is 2.74. The summed E-state index contributed by atoms with van der Waals surface area (Å²) in [4.78, 5) is 23.1. The number of nitrogens with one attached hydrogen (secondary N) is 1. The third kappa shape index (κ3) is 3.91. The summed E-state index contributed by atoms with van der Waals surface area (Å²) in [7, 11) is 0. The van der Waals surface area contributed by atoms with Crippen molar-refractivity contribution in [3.05, 3.63) is 29.0 Å². The van der Waals surface area contributed by atoms with Gasteiger partial charge < -0.3 is 14.8 Å². The van der Waals surface area contributed by atoms with Gasteiger partial charge >= 0.3 is 5.97 Å². The molecule has 0 aliphatic carbocycles. The van der Waals surface area contributed by atoms with E-state index in [9.17, 15) is 14.0 Å². The third-order valence-corrected chi connectivity index (χ3v) is 2.98. The molecule has 108 valence electrons. The van der Waals surface area contributed by atoms with Crippen molar-refractivity contribution in [1.82, 2.24) is 0 Å². The van der Waals surface area contributed by atoms with E-state index in [1.54, 1.807) is 0 Å². The predicted octanol–water partition coefficient (Wildman–Crippen LogP) is 2.14. The van der Waals surface area contributed by atoms with Crippen LogP contribution in [0.3, 0.4) is 0 Å². The standard InChI is InChI=1S/C13H13ClFNO4/c14-8-3-4-9(15)10(6-8)16-12(17)7-20-13(18)11-2-1-5-19-11/h3-4,6,11H,1-2,5,7H2,(H,16,17)/t11-/m0/s1. The second-order valence-corrected chi connectivity index (χ2v) is 4.72. The van der Waals surface area contributed by atoms with Crippen LogP contribution in [0.5, 0.6) is 0 Å². The lowest BCUT2D eigenvalue weighted by Crippen LogP contribution is -2.27. The SMILES string of the molecule is O=C(COC(=O)[C@@H]1CCCO1)Nc1cc(Cl)ccc1F. The second-order valence-electron chi connectivity index (χ2n) is 4.28. The number of benzene rings is 1. The Labute approximate surface area is 120 Å². The van der Waals surface area contributed by atoms with Crippen LogP contribution in [0.15, 0.2) is 18.2 Å². The molecule has 7 heteroatoms. The Bertz CT molecular complexity index is 517. The molecule has 1 heterocycles. The van der Waals surface area contributed by atoms with Crippen LogP contribution < -0.4 is 5.32 Å². The van der Waals surface area contributed by atoms with E-state index in [1.165, 1.54) is 12.1 Å². The monoisotopic (exact) mass is 301 g/mol. The van der Waals surface area contributed by atoms with Crippen LogP contribution in [0.25, 0.3) is 0 Å². The zero-order chi connectivity index (χ0) is 14.5. The predicted molar refractivity (Wildman–Crippen MR) is 70.0 cm³/mol. The molecule has 0 saturated carbocycles. The van der Waals surface area contributed by atoms with Gasteiger partial charge in [-0.3, -0.25) is 4.79 Å². The highest BCUT2D eigenvalue weighted by atomic mass is 35.5. The van der Waals surface area contributed by atoms with Crippen LogP contribution in [-0.2, 0) is 19.1 Å². The molecule has 1 atom stereocenters. The molecule has 0 aromatic heterocycles. The molecule has 5 nitrogen and oxygen atoms in total. The largest absolute Gasteiger partial charge is 0.454 e. The summed E-state index contributed by atoms with van der Waals surface area (Å²) >= 11 is 5.69. The Balaban J connectivity index is 1.83. The number of rotatable bonds is 4. The van der Waals surface area contributed by atoms with Gasteiger partial charge in [0.15, 0.2) is 12.7 Å². The maximum atomic E-state index is 13.4. The minimum Gasteiger partial charge on any atom is -0.454 e. The Kier molecular flexibility index (Phi) is 4.92. The summed E-state index contributed by atoms with van der Waals surface area (Å²) in [6.07, 6.45) is 0.772. The van der Waals surface area contributed by atoms with Gasteiger partial charge in [-0.05, 0) is 31.0 Å². The highest BCUT2D eigenvalue weighted by Crippen LogP contribution is 2.19. The fraction of sp³-hybridized carbons (Fsp3) is 0.385. The lowest BCUT2D eigenvalue weighted by atomic mass is 10.2. The van der Waals surface area contributed by atoms with Gasteiger partial charge in [-0.1, -0.05) is 11.6 Å². The first kappa shape index (κ1) is 14.7. The molecular weight excluding hydrogens is 289 g/mol. The molecule has 1 aromatic carbocycles. The molecule has 0 unspecified atom stereocenters. The van der Waals surface area contributed by atoms with Gasteiger partial charge in [-0.25, -0.2) is 9.18 Å². The number of anilines is 1. The summed E-state index contributed by atoms with van der Waals surface area (Å²) in [5.74, 6) is -1.84. The van der Waals surface area contributed by atoms with Gasteiger partial charge in [0.2, 0.25) is 0 Å². The van der Waals surface area contributed by atoms with Crippen molar-refractivity contribution in [2.45, 2.75) is 18.9 Å². The summed E-state index contributed by atoms with van der Waals surface area (Å²) < 4.78 is 23.3. The molecule has 1 N–H and O–H groups in total. The van der Waals surface area contributed by atoms with E-state index < -0.39 is 30.4 Å². The minimum absolute atomic E-state index is 0.0596. The molecule has 1 saturated heterocycles. The van der Waals surface area contributed by atoms with E-state index >= 15 is 0 Å². The summed E-state index contributed by atoms with van der Waals surface area (Å²) in [5, 5.41) is 2.57. The van der Waals surface area contributed by atoms with Crippen molar-refractivity contribution in [3.63, 3.8) is 0 Å². The number of esters is 1. The first-order valence-corrected chi connectivity index (χ1v) is 6.47. The highest BCUT2D eigenvalue weighted by Gasteiger charge is 2.25. The molecule has 1 amide bonds. The van der Waals surface area contributed by atoms with Crippen LogP contribution in [0, 0.1) is 5.82 Å². The van der Waals surface area contributed by atoms with Crippen LogP contribution >= 0.6 is 11.6 Å². The smallest absolute Gasteiger partial charge is 0.335 e. The number of hydrogen-bond acceptors (Lipinski definition) is 4. The molecule has 1 aliphatic heterocycles. The number of halogens is 2. The first-order valence-electron chi connectivity index (χ1n) is 6.09. The average molecular weight is 302 g/mol. The maximum absolute atomic E-state index is 13.4. The summed E-state index contributed by atoms with van der Waals surface area (Å²) in [6.45, 7) is 0.0182. The lowest BCUT2D eigenvalue weighted by Gasteiger charge is -2.10. The molecule has 0 bridgehead atoms. The molecule has 1 fully saturated rings.